The van der Waals surface area contributed by atoms with Gasteiger partial charge in [-0.3, -0.25) is 14.7 Å². The number of aromatic nitrogens is 2. The van der Waals surface area contributed by atoms with Crippen molar-refractivity contribution in [2.45, 2.75) is 0 Å². The summed E-state index contributed by atoms with van der Waals surface area (Å²) in [5.74, 6) is -0.0894. The molecule has 0 bridgehead atoms. The Labute approximate surface area is 180 Å². The van der Waals surface area contributed by atoms with Crippen molar-refractivity contribution in [3.05, 3.63) is 65.4 Å². The molecule has 156 valence electrons. The summed E-state index contributed by atoms with van der Waals surface area (Å²) < 4.78 is 0. The second-order valence-corrected chi connectivity index (χ2v) is 7.93. The first-order valence-corrected chi connectivity index (χ1v) is 10.3. The van der Waals surface area contributed by atoms with E-state index in [9.17, 15) is 9.59 Å². The molecular weight excluding hydrogens is 390 g/mol. The Hall–Kier alpha value is -3.71. The highest BCUT2D eigenvalue weighted by atomic mass is 16.2. The maximum Gasteiger partial charge on any atom is 0.256 e. The van der Waals surface area contributed by atoms with Crippen LogP contribution in [0, 0.1) is 0 Å². The van der Waals surface area contributed by atoms with Crippen LogP contribution in [-0.4, -0.2) is 65.0 Å². The van der Waals surface area contributed by atoms with Gasteiger partial charge in [0.05, 0.1) is 11.2 Å². The molecule has 2 amide bonds. The third kappa shape index (κ3) is 3.75. The van der Waals surface area contributed by atoms with Crippen LogP contribution < -0.4 is 5.32 Å². The van der Waals surface area contributed by atoms with E-state index >= 15 is 0 Å². The first-order chi connectivity index (χ1) is 15.1. The van der Waals surface area contributed by atoms with Gasteiger partial charge in [0, 0.05) is 54.5 Å². The SMILES string of the molecule is CN1CCN(C(=O)/C=C/c2n[nH]c3cc(/C=C4\C(=O)Nc5ccccc54)ccc23)CC1. The lowest BCUT2D eigenvalue weighted by molar-refractivity contribution is -0.127. The molecule has 31 heavy (non-hydrogen) atoms. The fourth-order valence-electron chi connectivity index (χ4n) is 4.01. The Bertz CT molecular complexity index is 1230. The van der Waals surface area contributed by atoms with E-state index in [1.54, 1.807) is 12.2 Å². The third-order valence-corrected chi connectivity index (χ3v) is 5.84. The average molecular weight is 413 g/mol. The maximum absolute atomic E-state index is 12.5. The number of hydrogen-bond donors (Lipinski definition) is 2. The Morgan fingerprint density at radius 3 is 2.74 bits per heavy atom. The number of rotatable bonds is 3. The number of nitrogens with one attached hydrogen (secondary N) is 2. The van der Waals surface area contributed by atoms with Gasteiger partial charge in [-0.15, -0.1) is 0 Å². The lowest BCUT2D eigenvalue weighted by Crippen LogP contribution is -2.46. The lowest BCUT2D eigenvalue weighted by atomic mass is 10.0. The van der Waals surface area contributed by atoms with E-state index < -0.39 is 0 Å². The number of piperazine rings is 1. The topological polar surface area (TPSA) is 81.3 Å². The van der Waals surface area contributed by atoms with E-state index in [0.717, 1.165) is 59.6 Å². The van der Waals surface area contributed by atoms with E-state index in [2.05, 4.69) is 27.5 Å². The predicted molar refractivity (Wildman–Crippen MR) is 122 cm³/mol. The van der Waals surface area contributed by atoms with Crippen molar-refractivity contribution in [1.29, 1.82) is 0 Å². The van der Waals surface area contributed by atoms with Crippen LogP contribution in [0.5, 0.6) is 0 Å². The number of anilines is 1. The monoisotopic (exact) mass is 413 g/mol. The lowest BCUT2D eigenvalue weighted by Gasteiger charge is -2.31. The summed E-state index contributed by atoms with van der Waals surface area (Å²) in [7, 11) is 2.07. The summed E-state index contributed by atoms with van der Waals surface area (Å²) in [6.45, 7) is 3.28. The van der Waals surface area contributed by atoms with E-state index in [0.29, 0.717) is 5.57 Å². The fraction of sp³-hybridized carbons (Fsp3) is 0.208. The van der Waals surface area contributed by atoms with Crippen molar-refractivity contribution in [2.24, 2.45) is 0 Å². The van der Waals surface area contributed by atoms with Crippen LogP contribution in [0.2, 0.25) is 0 Å². The standard InChI is InChI=1S/C24H23N5O2/c1-28-10-12-29(13-11-28)23(30)9-8-21-18-7-6-16(15-22(18)27-26-21)14-19-17-4-2-3-5-20(17)25-24(19)31/h2-9,14-15H,10-13H2,1H3,(H,25,31)(H,26,27)/b9-8+,19-14-. The summed E-state index contributed by atoms with van der Waals surface area (Å²) in [6.07, 6.45) is 5.24. The van der Waals surface area contributed by atoms with Gasteiger partial charge in [0.15, 0.2) is 0 Å². The molecule has 0 radical (unpaired) electrons. The number of amides is 2. The van der Waals surface area contributed by atoms with Crippen LogP contribution in [0.1, 0.15) is 16.8 Å². The minimum absolute atomic E-state index is 0.0107. The van der Waals surface area contributed by atoms with E-state index in [4.69, 9.17) is 0 Å². The number of H-pyrrole nitrogens is 1. The summed E-state index contributed by atoms with van der Waals surface area (Å²) in [5.41, 5.74) is 4.87. The summed E-state index contributed by atoms with van der Waals surface area (Å²) in [6, 6.07) is 13.5. The zero-order valence-corrected chi connectivity index (χ0v) is 17.3. The quantitative estimate of drug-likeness (QED) is 0.647. The predicted octanol–water partition coefficient (Wildman–Crippen LogP) is 2.84. The molecule has 0 unspecified atom stereocenters. The second kappa shape index (κ2) is 7.85. The number of benzene rings is 2. The van der Waals surface area contributed by atoms with Crippen LogP contribution in [0.3, 0.4) is 0 Å². The molecule has 3 heterocycles. The molecule has 5 rings (SSSR count). The molecule has 1 saturated heterocycles. The number of nitrogens with zero attached hydrogens (tertiary/aromatic N) is 3. The van der Waals surface area contributed by atoms with E-state index in [1.165, 1.54) is 0 Å². The number of carbonyl (C=O) groups excluding carboxylic acids is 2. The first-order valence-electron chi connectivity index (χ1n) is 10.3. The third-order valence-electron chi connectivity index (χ3n) is 5.84. The number of aromatic amines is 1. The molecule has 1 aromatic heterocycles. The van der Waals surface area contributed by atoms with Gasteiger partial charge in [-0.1, -0.05) is 24.3 Å². The molecular formula is C24H23N5O2. The molecule has 2 N–H and O–H groups in total. The maximum atomic E-state index is 12.5. The number of para-hydroxylation sites is 1. The van der Waals surface area contributed by atoms with E-state index in [1.807, 2.05) is 53.4 Å². The van der Waals surface area contributed by atoms with Gasteiger partial charge in [-0.25, -0.2) is 0 Å². The van der Waals surface area contributed by atoms with Crippen LogP contribution in [0.15, 0.2) is 48.5 Å². The molecule has 0 atom stereocenters. The van der Waals surface area contributed by atoms with Crippen molar-refractivity contribution in [3.63, 3.8) is 0 Å². The molecule has 2 aromatic carbocycles. The van der Waals surface area contributed by atoms with Crippen LogP contribution >= 0.6 is 0 Å². The largest absolute Gasteiger partial charge is 0.337 e. The highest BCUT2D eigenvalue weighted by Gasteiger charge is 2.23. The van der Waals surface area contributed by atoms with Gasteiger partial charge in [0.1, 0.15) is 0 Å². The molecule has 2 aliphatic heterocycles. The average Bonchev–Trinajstić information content (AvgIpc) is 3.33. The zero-order valence-electron chi connectivity index (χ0n) is 17.3. The van der Waals surface area contributed by atoms with Gasteiger partial charge < -0.3 is 15.1 Å². The van der Waals surface area contributed by atoms with E-state index in [-0.39, 0.29) is 11.8 Å². The van der Waals surface area contributed by atoms with Gasteiger partial charge in [-0.2, -0.15) is 5.10 Å². The van der Waals surface area contributed by atoms with Crippen molar-refractivity contribution in [1.82, 2.24) is 20.0 Å². The van der Waals surface area contributed by atoms with Crippen molar-refractivity contribution in [2.75, 3.05) is 38.5 Å². The van der Waals surface area contributed by atoms with Crippen LogP contribution in [-0.2, 0) is 9.59 Å². The van der Waals surface area contributed by atoms with Crippen molar-refractivity contribution in [3.8, 4) is 0 Å². The molecule has 3 aromatic rings. The zero-order chi connectivity index (χ0) is 21.4. The molecule has 1 fully saturated rings. The minimum atomic E-state index is -0.100. The normalized spacial score (nSPS) is 18.2. The molecule has 0 saturated carbocycles. The number of fused-ring (bicyclic) bond motifs is 2. The molecule has 7 heteroatoms. The van der Waals surface area contributed by atoms with Gasteiger partial charge in [-0.05, 0) is 43.0 Å². The van der Waals surface area contributed by atoms with Crippen LogP contribution in [0.4, 0.5) is 5.69 Å². The highest BCUT2D eigenvalue weighted by molar-refractivity contribution is 6.34. The number of likely N-dealkylation sites (N-methyl/N-ethyl adjacent to an activating group) is 1. The van der Waals surface area contributed by atoms with Gasteiger partial charge in [0.25, 0.3) is 5.91 Å². The van der Waals surface area contributed by atoms with Gasteiger partial charge in [0.2, 0.25) is 5.91 Å². The molecule has 0 spiro atoms. The smallest absolute Gasteiger partial charge is 0.256 e. The Morgan fingerprint density at radius 1 is 1.10 bits per heavy atom. The van der Waals surface area contributed by atoms with Crippen LogP contribution in [0.25, 0.3) is 28.6 Å². The Morgan fingerprint density at radius 2 is 1.90 bits per heavy atom. The number of hydrogen-bond acceptors (Lipinski definition) is 4. The van der Waals surface area contributed by atoms with Gasteiger partial charge >= 0.3 is 0 Å². The molecule has 2 aliphatic rings. The van der Waals surface area contributed by atoms with Crippen molar-refractivity contribution >= 4 is 46.1 Å². The summed E-state index contributed by atoms with van der Waals surface area (Å²) in [5, 5.41) is 11.2. The Kier molecular flexibility index (Phi) is 4.88. The second-order valence-electron chi connectivity index (χ2n) is 7.93. The number of carbonyl (C=O) groups is 2. The highest BCUT2D eigenvalue weighted by Crippen LogP contribution is 2.33. The molecule has 0 aliphatic carbocycles. The Balaban J connectivity index is 1.37. The first kappa shape index (κ1) is 19.3. The van der Waals surface area contributed by atoms with Crippen molar-refractivity contribution < 1.29 is 9.59 Å². The summed E-state index contributed by atoms with van der Waals surface area (Å²) in [4.78, 5) is 28.9. The fourth-order valence-corrected chi connectivity index (χ4v) is 4.01. The molecule has 7 nitrogen and oxygen atoms in total. The minimum Gasteiger partial charge on any atom is -0.337 e. The summed E-state index contributed by atoms with van der Waals surface area (Å²) >= 11 is 0.